The average molecular weight is 527 g/mol. The zero-order chi connectivity index (χ0) is 26.5. The fourth-order valence-corrected chi connectivity index (χ4v) is 5.75. The van der Waals surface area contributed by atoms with Crippen molar-refractivity contribution >= 4 is 21.4 Å². The number of esters is 1. The number of carbonyl (C=O) groups is 1. The van der Waals surface area contributed by atoms with E-state index >= 15 is 0 Å². The lowest BCUT2D eigenvalue weighted by Crippen LogP contribution is -2.46. The Morgan fingerprint density at radius 3 is 2.08 bits per heavy atom. The lowest BCUT2D eigenvalue weighted by atomic mass is 9.96. The summed E-state index contributed by atoms with van der Waals surface area (Å²) < 4.78 is 33.2. The van der Waals surface area contributed by atoms with Crippen molar-refractivity contribution in [1.82, 2.24) is 9.80 Å². The molecule has 2 aromatic rings. The molecule has 4 rings (SSSR count). The molecule has 37 heavy (non-hydrogen) atoms. The van der Waals surface area contributed by atoms with Crippen LogP contribution in [0.4, 0.5) is 0 Å². The van der Waals surface area contributed by atoms with Crippen LogP contribution in [0.1, 0.15) is 30.9 Å². The van der Waals surface area contributed by atoms with E-state index in [0.717, 1.165) is 58.6 Å². The van der Waals surface area contributed by atoms with Gasteiger partial charge in [-0.25, -0.2) is 8.42 Å². The van der Waals surface area contributed by atoms with Gasteiger partial charge in [-0.15, -0.1) is 0 Å². The first-order valence-corrected chi connectivity index (χ1v) is 14.8. The van der Waals surface area contributed by atoms with Crippen LogP contribution in [0.25, 0.3) is 16.7 Å². The second-order valence-corrected chi connectivity index (χ2v) is 12.6. The van der Waals surface area contributed by atoms with Crippen LogP contribution in [0.3, 0.4) is 0 Å². The van der Waals surface area contributed by atoms with Gasteiger partial charge in [0, 0.05) is 45.5 Å². The van der Waals surface area contributed by atoms with Crippen LogP contribution in [0, 0.1) is 0 Å². The van der Waals surface area contributed by atoms with E-state index in [2.05, 4.69) is 64.4 Å². The molecular formula is C29H38N2O5S. The number of hydrogen-bond donors (Lipinski definition) is 0. The maximum Gasteiger partial charge on any atom is 0.326 e. The molecule has 0 bridgehead atoms. The van der Waals surface area contributed by atoms with Crippen molar-refractivity contribution in [3.05, 3.63) is 65.7 Å². The standard InChI is InChI=1S/C29H38N2O5S/c1-29(28(32)35-2,37(3,33)34)14-17-30-15-12-27(13-16-30)26-10-8-25(9-11-26)24-6-4-23(5-7-24)22-31-18-20-36-21-19-31/h4-12H,13-22H2,1-3H3. The molecule has 2 heterocycles. The number of nitrogens with zero attached hydrogens (tertiary/aromatic N) is 2. The normalized spacial score (nSPS) is 19.2. The van der Waals surface area contributed by atoms with Crippen molar-refractivity contribution in [2.45, 2.75) is 31.1 Å². The SMILES string of the molecule is COC(=O)C(C)(CCN1CC=C(c2ccc(-c3ccc(CN4CCOCC4)cc3)cc2)CC1)S(C)(=O)=O. The highest BCUT2D eigenvalue weighted by molar-refractivity contribution is 7.92. The zero-order valence-corrected chi connectivity index (χ0v) is 22.9. The summed E-state index contributed by atoms with van der Waals surface area (Å²) in [7, 11) is -2.36. The van der Waals surface area contributed by atoms with Crippen LogP contribution in [0.15, 0.2) is 54.6 Å². The second-order valence-electron chi connectivity index (χ2n) is 10.2. The number of methoxy groups -OCH3 is 1. The highest BCUT2D eigenvalue weighted by atomic mass is 32.2. The largest absolute Gasteiger partial charge is 0.468 e. The molecule has 0 saturated carbocycles. The summed E-state index contributed by atoms with van der Waals surface area (Å²) in [5.41, 5.74) is 6.23. The highest BCUT2D eigenvalue weighted by Crippen LogP contribution is 2.28. The van der Waals surface area contributed by atoms with E-state index in [1.54, 1.807) is 0 Å². The quantitative estimate of drug-likeness (QED) is 0.462. The number of benzene rings is 2. The van der Waals surface area contributed by atoms with Gasteiger partial charge in [0.15, 0.2) is 14.6 Å². The molecule has 8 heteroatoms. The van der Waals surface area contributed by atoms with E-state index in [4.69, 9.17) is 9.47 Å². The van der Waals surface area contributed by atoms with Crippen LogP contribution in [-0.2, 0) is 30.7 Å². The first-order chi connectivity index (χ1) is 17.7. The number of hydrogen-bond acceptors (Lipinski definition) is 7. The van der Waals surface area contributed by atoms with Gasteiger partial charge in [0.05, 0.1) is 20.3 Å². The first-order valence-electron chi connectivity index (χ1n) is 12.9. The number of sulfone groups is 1. The van der Waals surface area contributed by atoms with Crippen LogP contribution in [0.2, 0.25) is 0 Å². The number of morpholine rings is 1. The molecule has 0 aromatic heterocycles. The predicted molar refractivity (Wildman–Crippen MR) is 147 cm³/mol. The molecule has 2 aliphatic rings. The van der Waals surface area contributed by atoms with E-state index in [0.29, 0.717) is 6.54 Å². The van der Waals surface area contributed by atoms with E-state index in [1.807, 2.05) is 0 Å². The molecule has 0 spiro atoms. The first kappa shape index (κ1) is 27.5. The number of rotatable bonds is 9. The molecule has 0 N–H and O–H groups in total. The third-order valence-electron chi connectivity index (χ3n) is 7.69. The third kappa shape index (κ3) is 6.68. The predicted octanol–water partition coefficient (Wildman–Crippen LogP) is 3.64. The second kappa shape index (κ2) is 11.9. The molecule has 0 radical (unpaired) electrons. The fourth-order valence-electron chi connectivity index (χ4n) is 4.90. The molecule has 7 nitrogen and oxygen atoms in total. The fraction of sp³-hybridized carbons (Fsp3) is 0.483. The van der Waals surface area contributed by atoms with Gasteiger partial charge in [-0.2, -0.15) is 0 Å². The Labute approximate surface area is 221 Å². The third-order valence-corrected chi connectivity index (χ3v) is 9.69. The minimum atomic E-state index is -3.59. The van der Waals surface area contributed by atoms with Crippen molar-refractivity contribution in [1.29, 1.82) is 0 Å². The lowest BCUT2D eigenvalue weighted by molar-refractivity contribution is -0.143. The molecular weight excluding hydrogens is 488 g/mol. The molecule has 1 fully saturated rings. The summed E-state index contributed by atoms with van der Waals surface area (Å²) >= 11 is 0. The van der Waals surface area contributed by atoms with Gasteiger partial charge < -0.3 is 9.47 Å². The van der Waals surface area contributed by atoms with Crippen molar-refractivity contribution < 1.29 is 22.7 Å². The molecule has 1 atom stereocenters. The molecule has 2 aromatic carbocycles. The Morgan fingerprint density at radius 2 is 1.54 bits per heavy atom. The van der Waals surface area contributed by atoms with Crippen LogP contribution in [0.5, 0.6) is 0 Å². The summed E-state index contributed by atoms with van der Waals surface area (Å²) in [5.74, 6) is -0.699. The van der Waals surface area contributed by atoms with Gasteiger partial charge >= 0.3 is 5.97 Å². The smallest absolute Gasteiger partial charge is 0.326 e. The van der Waals surface area contributed by atoms with Crippen LogP contribution in [-0.4, -0.2) is 88.2 Å². The minimum absolute atomic E-state index is 0.210. The van der Waals surface area contributed by atoms with Gasteiger partial charge in [-0.3, -0.25) is 14.6 Å². The van der Waals surface area contributed by atoms with Gasteiger partial charge in [-0.05, 0) is 47.6 Å². The Balaban J connectivity index is 1.33. The zero-order valence-electron chi connectivity index (χ0n) is 22.1. The molecule has 1 saturated heterocycles. The van der Waals surface area contributed by atoms with Crippen molar-refractivity contribution in [3.63, 3.8) is 0 Å². The number of ether oxygens (including phenoxy) is 2. The maximum atomic E-state index is 12.3. The van der Waals surface area contributed by atoms with Gasteiger partial charge in [-0.1, -0.05) is 54.6 Å². The van der Waals surface area contributed by atoms with Crippen molar-refractivity contribution in [3.8, 4) is 11.1 Å². The monoisotopic (exact) mass is 526 g/mol. The Kier molecular flexibility index (Phi) is 8.85. The Bertz CT molecular complexity index is 1200. The number of carbonyl (C=O) groups excluding carboxylic acids is 1. The summed E-state index contributed by atoms with van der Waals surface area (Å²) in [6, 6.07) is 17.5. The van der Waals surface area contributed by atoms with E-state index < -0.39 is 20.6 Å². The molecule has 0 amide bonds. The van der Waals surface area contributed by atoms with E-state index in [9.17, 15) is 13.2 Å². The highest BCUT2D eigenvalue weighted by Gasteiger charge is 2.44. The van der Waals surface area contributed by atoms with Gasteiger partial charge in [0.25, 0.3) is 0 Å². The summed E-state index contributed by atoms with van der Waals surface area (Å²) in [6.45, 7) is 8.09. The summed E-state index contributed by atoms with van der Waals surface area (Å²) in [5, 5.41) is 0. The Hall–Kier alpha value is -2.52. The van der Waals surface area contributed by atoms with Crippen molar-refractivity contribution in [2.24, 2.45) is 0 Å². The van der Waals surface area contributed by atoms with Gasteiger partial charge in [0.1, 0.15) is 0 Å². The summed E-state index contributed by atoms with van der Waals surface area (Å²) in [4.78, 5) is 16.8. The van der Waals surface area contributed by atoms with E-state index in [1.165, 1.54) is 41.9 Å². The molecule has 2 aliphatic heterocycles. The summed E-state index contributed by atoms with van der Waals surface area (Å²) in [6.07, 6.45) is 4.39. The van der Waals surface area contributed by atoms with Crippen LogP contribution < -0.4 is 0 Å². The maximum absolute atomic E-state index is 12.3. The van der Waals surface area contributed by atoms with Crippen molar-refractivity contribution in [2.75, 3.05) is 59.3 Å². The topological polar surface area (TPSA) is 76.2 Å². The average Bonchev–Trinajstić information content (AvgIpc) is 2.92. The lowest BCUT2D eigenvalue weighted by Gasteiger charge is -2.31. The van der Waals surface area contributed by atoms with Gasteiger partial charge in [0.2, 0.25) is 0 Å². The van der Waals surface area contributed by atoms with E-state index in [-0.39, 0.29) is 6.42 Å². The molecule has 0 aliphatic carbocycles. The molecule has 1 unspecified atom stereocenters. The molecule has 200 valence electrons. The minimum Gasteiger partial charge on any atom is -0.468 e. The Morgan fingerprint density at radius 1 is 0.946 bits per heavy atom. The van der Waals surface area contributed by atoms with Crippen LogP contribution >= 0.6 is 0 Å².